The second-order valence-corrected chi connectivity index (χ2v) is 6.70. The fourth-order valence-corrected chi connectivity index (χ4v) is 4.04. The number of amides is 1. The van der Waals surface area contributed by atoms with Gasteiger partial charge in [0.05, 0.1) is 24.3 Å². The second-order valence-electron chi connectivity index (χ2n) is 6.70. The first-order valence-electron chi connectivity index (χ1n) is 8.54. The Balaban J connectivity index is 1.47. The van der Waals surface area contributed by atoms with E-state index < -0.39 is 0 Å². The molecule has 0 radical (unpaired) electrons. The van der Waals surface area contributed by atoms with Crippen molar-refractivity contribution in [3.8, 4) is 0 Å². The first kappa shape index (κ1) is 16.2. The van der Waals surface area contributed by atoms with Gasteiger partial charge in [-0.1, -0.05) is 18.2 Å². The van der Waals surface area contributed by atoms with Crippen molar-refractivity contribution in [3.05, 3.63) is 40.8 Å². The number of nitrogens with one attached hydrogen (secondary N) is 1. The number of aromatic nitrogens is 2. The molecule has 4 atom stereocenters. The van der Waals surface area contributed by atoms with Crippen molar-refractivity contribution in [1.29, 1.82) is 0 Å². The van der Waals surface area contributed by atoms with E-state index in [2.05, 4.69) is 10.4 Å². The topological polar surface area (TPSA) is 82.5 Å². The number of nitrogens with zero attached hydrogens (tertiary/aromatic N) is 2. The van der Waals surface area contributed by atoms with Gasteiger partial charge in [0.2, 0.25) is 5.91 Å². The van der Waals surface area contributed by atoms with Crippen molar-refractivity contribution < 1.29 is 14.3 Å². The van der Waals surface area contributed by atoms with Gasteiger partial charge < -0.3 is 14.8 Å². The Kier molecular flexibility index (Phi) is 4.27. The maximum Gasteiger partial charge on any atom is 0.275 e. The van der Waals surface area contributed by atoms with E-state index in [4.69, 9.17) is 9.47 Å². The maximum absolute atomic E-state index is 12.5. The highest BCUT2D eigenvalue weighted by atomic mass is 16.5. The molecule has 0 spiro atoms. The molecule has 1 N–H and O–H groups in total. The van der Waals surface area contributed by atoms with E-state index >= 15 is 0 Å². The molecule has 2 fully saturated rings. The normalized spacial score (nSPS) is 27.7. The van der Waals surface area contributed by atoms with Crippen LogP contribution in [0.1, 0.15) is 6.42 Å². The summed E-state index contributed by atoms with van der Waals surface area (Å²) in [4.78, 5) is 24.9. The van der Waals surface area contributed by atoms with E-state index in [0.717, 1.165) is 18.4 Å². The van der Waals surface area contributed by atoms with Crippen LogP contribution in [0.2, 0.25) is 0 Å². The third-order valence-electron chi connectivity index (χ3n) is 5.27. The van der Waals surface area contributed by atoms with Crippen LogP contribution in [-0.2, 0) is 20.8 Å². The number of carbonyl (C=O) groups excluding carboxylic acids is 1. The van der Waals surface area contributed by atoms with Crippen molar-refractivity contribution in [2.45, 2.75) is 25.1 Å². The van der Waals surface area contributed by atoms with Gasteiger partial charge in [0.1, 0.15) is 6.54 Å². The summed E-state index contributed by atoms with van der Waals surface area (Å²) in [5, 5.41) is 8.50. The first-order chi connectivity index (χ1) is 12.2. The highest BCUT2D eigenvalue weighted by molar-refractivity contribution is 5.81. The molecule has 1 saturated heterocycles. The summed E-state index contributed by atoms with van der Waals surface area (Å²) in [6, 6.07) is 7.27. The maximum atomic E-state index is 12.5. The Morgan fingerprint density at radius 1 is 1.44 bits per heavy atom. The Morgan fingerprint density at radius 2 is 2.28 bits per heavy atom. The summed E-state index contributed by atoms with van der Waals surface area (Å²) in [7, 11) is 1.65. The van der Waals surface area contributed by atoms with Crippen molar-refractivity contribution in [2.24, 2.45) is 11.8 Å². The van der Waals surface area contributed by atoms with Crippen LogP contribution in [0, 0.1) is 11.8 Å². The van der Waals surface area contributed by atoms with Crippen LogP contribution < -0.4 is 10.9 Å². The number of rotatable bonds is 5. The molecule has 2 aliphatic rings. The zero-order valence-corrected chi connectivity index (χ0v) is 14.1. The molecular formula is C18H21N3O4. The van der Waals surface area contributed by atoms with Gasteiger partial charge >= 0.3 is 0 Å². The van der Waals surface area contributed by atoms with Gasteiger partial charge in [0.25, 0.3) is 5.56 Å². The summed E-state index contributed by atoms with van der Waals surface area (Å²) in [6.45, 7) is 1.20. The zero-order chi connectivity index (χ0) is 17.4. The second kappa shape index (κ2) is 6.57. The Labute approximate surface area is 144 Å². The van der Waals surface area contributed by atoms with E-state index in [1.807, 2.05) is 12.1 Å². The number of hydrogen-bond donors (Lipinski definition) is 1. The number of benzene rings is 1. The van der Waals surface area contributed by atoms with Crippen LogP contribution >= 0.6 is 0 Å². The van der Waals surface area contributed by atoms with Gasteiger partial charge in [0.15, 0.2) is 0 Å². The number of ether oxygens (including phenoxy) is 2. The molecule has 25 heavy (non-hydrogen) atoms. The van der Waals surface area contributed by atoms with Gasteiger partial charge in [-0.2, -0.15) is 5.10 Å². The third kappa shape index (κ3) is 2.83. The van der Waals surface area contributed by atoms with E-state index in [-0.39, 0.29) is 36.1 Å². The summed E-state index contributed by atoms with van der Waals surface area (Å²) >= 11 is 0. The van der Waals surface area contributed by atoms with Crippen molar-refractivity contribution in [2.75, 3.05) is 20.3 Å². The molecule has 4 rings (SSSR count). The SMILES string of the molecule is COC[C@@H]1[C@@H](NC(=O)Cn2ncc3ccccc3c2=O)[C@@H]2CCO[C@H]12. The molecule has 132 valence electrons. The molecule has 0 unspecified atom stereocenters. The molecule has 0 bridgehead atoms. The quantitative estimate of drug-likeness (QED) is 0.858. The van der Waals surface area contributed by atoms with Crippen molar-refractivity contribution in [3.63, 3.8) is 0 Å². The Morgan fingerprint density at radius 3 is 3.12 bits per heavy atom. The van der Waals surface area contributed by atoms with Crippen LogP contribution in [0.4, 0.5) is 0 Å². The van der Waals surface area contributed by atoms with Gasteiger partial charge in [-0.15, -0.1) is 0 Å². The monoisotopic (exact) mass is 343 g/mol. The van der Waals surface area contributed by atoms with Gasteiger partial charge in [-0.25, -0.2) is 4.68 Å². The molecule has 1 aromatic heterocycles. The smallest absolute Gasteiger partial charge is 0.275 e. The molecule has 1 aromatic carbocycles. The lowest BCUT2D eigenvalue weighted by Gasteiger charge is -2.47. The zero-order valence-electron chi connectivity index (χ0n) is 14.1. The Hall–Kier alpha value is -2.25. The van der Waals surface area contributed by atoms with Crippen LogP contribution in [-0.4, -0.2) is 48.2 Å². The van der Waals surface area contributed by atoms with Gasteiger partial charge in [-0.3, -0.25) is 9.59 Å². The van der Waals surface area contributed by atoms with Gasteiger partial charge in [-0.05, 0) is 12.5 Å². The minimum absolute atomic E-state index is 0.0381. The molecule has 7 heteroatoms. The summed E-state index contributed by atoms with van der Waals surface area (Å²) in [5.74, 6) is 0.300. The number of hydrogen-bond acceptors (Lipinski definition) is 5. The largest absolute Gasteiger partial charge is 0.384 e. The van der Waals surface area contributed by atoms with Crippen LogP contribution in [0.25, 0.3) is 10.8 Å². The van der Waals surface area contributed by atoms with Crippen molar-refractivity contribution >= 4 is 16.7 Å². The third-order valence-corrected chi connectivity index (χ3v) is 5.27. The summed E-state index contributed by atoms with van der Waals surface area (Å²) < 4.78 is 12.2. The molecular weight excluding hydrogens is 322 g/mol. The van der Waals surface area contributed by atoms with E-state index in [1.54, 1.807) is 25.4 Å². The molecule has 2 heterocycles. The fourth-order valence-electron chi connectivity index (χ4n) is 4.04. The average molecular weight is 343 g/mol. The van der Waals surface area contributed by atoms with Crippen LogP contribution in [0.3, 0.4) is 0 Å². The highest BCUT2D eigenvalue weighted by Gasteiger charge is 2.54. The lowest BCUT2D eigenvalue weighted by Crippen LogP contribution is -2.63. The Bertz CT molecular complexity index is 850. The van der Waals surface area contributed by atoms with Gasteiger partial charge in [0, 0.05) is 37.0 Å². The van der Waals surface area contributed by atoms with E-state index in [9.17, 15) is 9.59 Å². The summed E-state index contributed by atoms with van der Waals surface area (Å²) in [6.07, 6.45) is 2.73. The highest BCUT2D eigenvalue weighted by Crippen LogP contribution is 2.43. The lowest BCUT2D eigenvalue weighted by atomic mass is 9.67. The lowest BCUT2D eigenvalue weighted by molar-refractivity contribution is -0.130. The van der Waals surface area contributed by atoms with Crippen molar-refractivity contribution in [1.82, 2.24) is 15.1 Å². The van der Waals surface area contributed by atoms with E-state index in [0.29, 0.717) is 17.9 Å². The predicted molar refractivity (Wildman–Crippen MR) is 91.1 cm³/mol. The predicted octanol–water partition coefficient (Wildman–Crippen LogP) is 0.563. The standard InChI is InChI=1S/C18H21N3O4/c1-24-10-14-16(13-6-7-25-17(13)14)20-15(22)9-21-18(23)12-5-3-2-4-11(12)8-19-21/h2-5,8,13-14,16-17H,6-7,9-10H2,1H3,(H,20,22)/t13-,14+,16-,17-/m0/s1. The molecule has 1 saturated carbocycles. The average Bonchev–Trinajstić information content (AvgIpc) is 3.05. The molecule has 1 amide bonds. The minimum Gasteiger partial charge on any atom is -0.384 e. The van der Waals surface area contributed by atoms with Crippen LogP contribution in [0.5, 0.6) is 0 Å². The first-order valence-corrected chi connectivity index (χ1v) is 8.54. The number of methoxy groups -OCH3 is 1. The van der Waals surface area contributed by atoms with E-state index in [1.165, 1.54) is 4.68 Å². The molecule has 2 aromatic rings. The molecule has 1 aliphatic carbocycles. The van der Waals surface area contributed by atoms with Crippen LogP contribution in [0.15, 0.2) is 35.3 Å². The minimum atomic E-state index is -0.252. The molecule has 1 aliphatic heterocycles. The fraction of sp³-hybridized carbons (Fsp3) is 0.500. The molecule has 7 nitrogen and oxygen atoms in total. The number of carbonyl (C=O) groups is 1. The summed E-state index contributed by atoms with van der Waals surface area (Å²) in [5.41, 5.74) is -0.252. The number of fused-ring (bicyclic) bond motifs is 2.